The lowest BCUT2D eigenvalue weighted by atomic mass is 10.0. The van der Waals surface area contributed by atoms with Crippen LogP contribution in [0.4, 0.5) is 13.2 Å². The van der Waals surface area contributed by atoms with Crippen molar-refractivity contribution in [3.8, 4) is 28.4 Å². The van der Waals surface area contributed by atoms with Crippen molar-refractivity contribution in [2.75, 3.05) is 0 Å². The molecule has 0 saturated heterocycles. The zero-order chi connectivity index (χ0) is 29.9. The van der Waals surface area contributed by atoms with Crippen molar-refractivity contribution in [3.05, 3.63) is 130 Å². The maximum absolute atomic E-state index is 13.1. The highest BCUT2D eigenvalue weighted by Gasteiger charge is 2.30. The van der Waals surface area contributed by atoms with Crippen LogP contribution in [0.3, 0.4) is 0 Å². The van der Waals surface area contributed by atoms with Crippen molar-refractivity contribution in [2.45, 2.75) is 13.1 Å². The fourth-order valence-corrected chi connectivity index (χ4v) is 5.96. The number of rotatable bonds is 2. The number of fused-ring (bicyclic) bond motifs is 6. The van der Waals surface area contributed by atoms with Crippen LogP contribution < -0.4 is 10.7 Å². The van der Waals surface area contributed by atoms with E-state index in [1.165, 1.54) is 17.7 Å². The Labute approximate surface area is 243 Å². The topological polar surface area (TPSA) is 52.9 Å². The Morgan fingerprint density at radius 1 is 0.605 bits per heavy atom. The van der Waals surface area contributed by atoms with E-state index in [2.05, 4.69) is 63.6 Å². The summed E-state index contributed by atoms with van der Waals surface area (Å²) in [6, 6.07) is 29.1. The molecule has 0 heterocycles. The molecule has 7 aromatic carbocycles. The van der Waals surface area contributed by atoms with Crippen LogP contribution in [0.15, 0.2) is 107 Å². The van der Waals surface area contributed by atoms with Crippen molar-refractivity contribution < 1.29 is 13.2 Å². The molecule has 0 spiro atoms. The van der Waals surface area contributed by atoms with Gasteiger partial charge in [-0.15, -0.1) is 4.95 Å². The van der Waals surface area contributed by atoms with E-state index in [4.69, 9.17) is 6.57 Å². The average molecular weight is 565 g/mol. The number of alkyl halides is 3. The summed E-state index contributed by atoms with van der Waals surface area (Å²) in [5, 5.41) is 21.6. The number of nitrogens with zero attached hydrogens (tertiary/aromatic N) is 4. The normalized spacial score (nSPS) is 12.9. The zero-order valence-corrected chi connectivity index (χ0v) is 22.7. The minimum absolute atomic E-state index is 0.475. The standard InChI is InChI=1S/C36H19F3N4/c1-20-3-5-21(6-4-20)24-10-14-27-29-17-28-26-13-9-23(22-7-11-25(12-8-22)36(37,38)39)15-30(26)34(42-19-40)32(28)18-33(29)35(43-41-2)31(27)16-24/h3-18H,1H3/b42-34?,43-35+. The molecule has 7 rings (SSSR count). The Morgan fingerprint density at radius 2 is 1.07 bits per heavy atom. The van der Waals surface area contributed by atoms with Gasteiger partial charge in [-0.3, -0.25) is 0 Å². The lowest BCUT2D eigenvalue weighted by molar-refractivity contribution is -0.137. The van der Waals surface area contributed by atoms with Gasteiger partial charge in [0.2, 0.25) is 6.19 Å². The summed E-state index contributed by atoms with van der Waals surface area (Å²) in [4.78, 5) is 7.54. The number of nitriles is 1. The molecular weight excluding hydrogens is 545 g/mol. The first-order chi connectivity index (χ1) is 20.8. The van der Waals surface area contributed by atoms with Gasteiger partial charge < -0.3 is 0 Å². The molecule has 0 amide bonds. The Hall–Kier alpha value is -5.79. The predicted octanol–water partition coefficient (Wildman–Crippen LogP) is 8.95. The van der Waals surface area contributed by atoms with Crippen LogP contribution >= 0.6 is 0 Å². The van der Waals surface area contributed by atoms with Crippen LogP contribution in [-0.2, 0) is 6.18 Å². The summed E-state index contributed by atoms with van der Waals surface area (Å²) in [5.41, 5.74) is 3.87. The second-order valence-corrected chi connectivity index (χ2v) is 10.5. The summed E-state index contributed by atoms with van der Waals surface area (Å²) in [6.07, 6.45) is -2.51. The van der Waals surface area contributed by atoms with E-state index < -0.39 is 11.7 Å². The van der Waals surface area contributed by atoms with Crippen molar-refractivity contribution in [1.29, 1.82) is 5.26 Å². The third-order valence-electron chi connectivity index (χ3n) is 8.04. The maximum atomic E-state index is 13.1. The molecule has 0 bridgehead atoms. The van der Waals surface area contributed by atoms with Crippen LogP contribution in [0, 0.1) is 25.0 Å². The molecule has 0 aliphatic heterocycles. The second kappa shape index (κ2) is 9.65. The second-order valence-electron chi connectivity index (χ2n) is 10.5. The molecule has 0 unspecified atom stereocenters. The Balaban J connectivity index is 1.48. The zero-order valence-electron chi connectivity index (χ0n) is 22.7. The number of hydrogen-bond donors (Lipinski definition) is 0. The lowest BCUT2D eigenvalue weighted by Gasteiger charge is -2.08. The number of aryl methyl sites for hydroxylation is 1. The van der Waals surface area contributed by atoms with Gasteiger partial charge in [-0.2, -0.15) is 30.0 Å². The van der Waals surface area contributed by atoms with Gasteiger partial charge in [0.1, 0.15) is 0 Å². The van der Waals surface area contributed by atoms with E-state index in [9.17, 15) is 18.4 Å². The SMILES string of the molecule is [C-]#[N+]/N=c1\c2cc(-c3ccc(C)cc3)ccc2c2cc3c(cc12)c(=NC#N)c1cc(-c2ccc(C(F)(F)F)cc2)ccc13. The molecule has 43 heavy (non-hydrogen) atoms. The third kappa shape index (κ3) is 4.22. The molecule has 0 aliphatic rings. The van der Waals surface area contributed by atoms with E-state index in [1.807, 2.05) is 37.4 Å². The Bertz CT molecular complexity index is 2450. The first kappa shape index (κ1) is 26.1. The molecule has 0 aromatic heterocycles. The molecule has 0 aliphatic carbocycles. The molecule has 0 radical (unpaired) electrons. The van der Waals surface area contributed by atoms with E-state index >= 15 is 0 Å². The molecule has 4 nitrogen and oxygen atoms in total. The number of halogens is 3. The van der Waals surface area contributed by atoms with E-state index in [0.717, 1.165) is 66.3 Å². The first-order valence-corrected chi connectivity index (χ1v) is 13.4. The molecular formula is C36H19F3N4. The van der Waals surface area contributed by atoms with E-state index in [1.54, 1.807) is 0 Å². The summed E-state index contributed by atoms with van der Waals surface area (Å²) in [6.45, 7) is 9.56. The average Bonchev–Trinajstić information content (AvgIpc) is 3.47. The molecule has 0 saturated carbocycles. The Kier molecular flexibility index (Phi) is 5.86. The highest BCUT2D eigenvalue weighted by atomic mass is 19.4. The molecule has 0 fully saturated rings. The van der Waals surface area contributed by atoms with Gasteiger partial charge in [-0.25, -0.2) is 0 Å². The molecule has 204 valence electrons. The van der Waals surface area contributed by atoms with Crippen LogP contribution in [-0.4, -0.2) is 0 Å². The molecule has 0 atom stereocenters. The number of benzene rings is 5. The van der Waals surface area contributed by atoms with E-state index in [0.29, 0.717) is 21.8 Å². The first-order valence-electron chi connectivity index (χ1n) is 13.4. The largest absolute Gasteiger partial charge is 0.416 e. The summed E-state index contributed by atoms with van der Waals surface area (Å²) < 4.78 is 39.3. The third-order valence-corrected chi connectivity index (χ3v) is 8.04. The minimum atomic E-state index is -4.42. The molecule has 7 aromatic rings. The van der Waals surface area contributed by atoms with E-state index in [-0.39, 0.29) is 0 Å². The van der Waals surface area contributed by atoms with Crippen LogP contribution in [0.1, 0.15) is 11.1 Å². The van der Waals surface area contributed by atoms with Crippen molar-refractivity contribution in [1.82, 2.24) is 0 Å². The quantitative estimate of drug-likeness (QED) is 0.117. The molecule has 0 N–H and O–H groups in total. The fourth-order valence-electron chi connectivity index (χ4n) is 5.96. The van der Waals surface area contributed by atoms with Gasteiger partial charge in [0.25, 0.3) is 0 Å². The maximum Gasteiger partial charge on any atom is 0.416 e. The summed E-state index contributed by atoms with van der Waals surface area (Å²) in [5.74, 6) is 0. The summed E-state index contributed by atoms with van der Waals surface area (Å²) >= 11 is 0. The smallest absolute Gasteiger partial charge is 0.181 e. The highest BCUT2D eigenvalue weighted by Crippen LogP contribution is 2.36. The van der Waals surface area contributed by atoms with Gasteiger partial charge in [-0.05, 0) is 87.1 Å². The van der Waals surface area contributed by atoms with Gasteiger partial charge in [0, 0.05) is 21.5 Å². The van der Waals surface area contributed by atoms with Gasteiger partial charge in [-0.1, -0.05) is 66.2 Å². The van der Waals surface area contributed by atoms with Gasteiger partial charge >= 0.3 is 6.18 Å². The van der Waals surface area contributed by atoms with Crippen LogP contribution in [0.2, 0.25) is 0 Å². The predicted molar refractivity (Wildman–Crippen MR) is 163 cm³/mol. The fraction of sp³-hybridized carbons (Fsp3) is 0.0556. The monoisotopic (exact) mass is 564 g/mol. The van der Waals surface area contributed by atoms with Gasteiger partial charge in [0.15, 0.2) is 5.36 Å². The highest BCUT2D eigenvalue weighted by molar-refractivity contribution is 6.21. The minimum Gasteiger partial charge on any atom is -0.181 e. The van der Waals surface area contributed by atoms with Gasteiger partial charge in [0.05, 0.1) is 16.0 Å². The Morgan fingerprint density at radius 3 is 1.60 bits per heavy atom. The van der Waals surface area contributed by atoms with Crippen LogP contribution in [0.5, 0.6) is 0 Å². The number of hydrogen-bond acceptors (Lipinski definition) is 3. The van der Waals surface area contributed by atoms with Crippen LogP contribution in [0.25, 0.3) is 70.3 Å². The van der Waals surface area contributed by atoms with Crippen molar-refractivity contribution >= 4 is 43.1 Å². The summed E-state index contributed by atoms with van der Waals surface area (Å²) in [7, 11) is 0. The molecule has 7 heteroatoms. The van der Waals surface area contributed by atoms with Crippen molar-refractivity contribution in [3.63, 3.8) is 0 Å². The lowest BCUT2D eigenvalue weighted by Crippen LogP contribution is -2.04. The van der Waals surface area contributed by atoms with Crippen molar-refractivity contribution in [2.24, 2.45) is 10.1 Å².